The fourth-order valence-corrected chi connectivity index (χ4v) is 1.95. The molecule has 0 bridgehead atoms. The van der Waals surface area contributed by atoms with Crippen molar-refractivity contribution in [2.45, 2.75) is 39.2 Å². The molecule has 0 aliphatic heterocycles. The Hall–Kier alpha value is -2.49. The van der Waals surface area contributed by atoms with Gasteiger partial charge >= 0.3 is 11.7 Å². The van der Waals surface area contributed by atoms with Gasteiger partial charge in [-0.05, 0) is 12.8 Å². The molecule has 2 heterocycles. The van der Waals surface area contributed by atoms with E-state index in [0.29, 0.717) is 37.2 Å². The summed E-state index contributed by atoms with van der Waals surface area (Å²) in [6, 6.07) is 0.193. The maximum absolute atomic E-state index is 11.9. The third kappa shape index (κ3) is 3.34. The van der Waals surface area contributed by atoms with E-state index in [1.165, 1.54) is 4.57 Å². The second kappa shape index (κ2) is 6.79. The normalized spacial score (nSPS) is 10.7. The summed E-state index contributed by atoms with van der Waals surface area (Å²) in [5, 5.41) is 0. The third-order valence-electron chi connectivity index (χ3n) is 3.06. The lowest BCUT2D eigenvalue weighted by Crippen LogP contribution is -2.17. The first-order valence-corrected chi connectivity index (χ1v) is 6.99. The zero-order chi connectivity index (χ0) is 15.2. The number of nitrogen functional groups attached to an aromatic ring is 1. The van der Waals surface area contributed by atoms with Crippen LogP contribution >= 0.6 is 0 Å². The molecule has 0 saturated carbocycles. The molecule has 0 unspecified atom stereocenters. The van der Waals surface area contributed by atoms with Gasteiger partial charge in [0.05, 0.1) is 6.61 Å². The molecule has 0 atom stereocenters. The van der Waals surface area contributed by atoms with Gasteiger partial charge in [0.25, 0.3) is 0 Å². The Morgan fingerprint density at radius 3 is 2.95 bits per heavy atom. The van der Waals surface area contributed by atoms with E-state index in [9.17, 15) is 4.79 Å². The summed E-state index contributed by atoms with van der Waals surface area (Å²) in [6.07, 6.45) is 8.43. The number of unbranched alkanes of at least 4 members (excludes halogenated alkanes) is 2. The molecule has 0 radical (unpaired) electrons. The standard InChI is InChI=1S/C14H19N5O2/c1-3-5-7-8-19-12-10(16-14(19)20)11(15)17-13(18-12)21-9-6-4-2/h1H,4-9H2,2H3,(H,16,20)(H2,15,17,18). The largest absolute Gasteiger partial charge is 0.463 e. The van der Waals surface area contributed by atoms with Gasteiger partial charge in [-0.2, -0.15) is 9.97 Å². The van der Waals surface area contributed by atoms with Crippen LogP contribution < -0.4 is 16.2 Å². The molecule has 0 aliphatic carbocycles. The van der Waals surface area contributed by atoms with Crippen molar-refractivity contribution in [3.63, 3.8) is 0 Å². The summed E-state index contributed by atoms with van der Waals surface area (Å²) in [5.74, 6) is 2.75. The molecule has 7 nitrogen and oxygen atoms in total. The van der Waals surface area contributed by atoms with Crippen LogP contribution in [-0.2, 0) is 6.54 Å². The second-order valence-corrected chi connectivity index (χ2v) is 4.68. The zero-order valence-electron chi connectivity index (χ0n) is 12.1. The molecule has 0 amide bonds. The quantitative estimate of drug-likeness (QED) is 0.591. The molecular formula is C14H19N5O2. The fraction of sp³-hybridized carbons (Fsp3) is 0.500. The Bertz CT molecular complexity index is 710. The number of nitrogens with zero attached hydrogens (tertiary/aromatic N) is 3. The van der Waals surface area contributed by atoms with Crippen molar-refractivity contribution in [1.82, 2.24) is 19.5 Å². The lowest BCUT2D eigenvalue weighted by Gasteiger charge is -2.06. The van der Waals surface area contributed by atoms with E-state index in [1.54, 1.807) is 0 Å². The van der Waals surface area contributed by atoms with Crippen molar-refractivity contribution in [3.05, 3.63) is 10.5 Å². The molecule has 2 rings (SSSR count). The highest BCUT2D eigenvalue weighted by atomic mass is 16.5. The molecule has 3 N–H and O–H groups in total. The lowest BCUT2D eigenvalue weighted by molar-refractivity contribution is 0.286. The molecule has 21 heavy (non-hydrogen) atoms. The van der Waals surface area contributed by atoms with Gasteiger partial charge in [-0.3, -0.25) is 4.57 Å². The highest BCUT2D eigenvalue weighted by Gasteiger charge is 2.14. The molecule has 2 aromatic rings. The van der Waals surface area contributed by atoms with Crippen LogP contribution in [0.5, 0.6) is 6.01 Å². The minimum Gasteiger partial charge on any atom is -0.463 e. The predicted octanol–water partition coefficient (Wildman–Crippen LogP) is 1.29. The predicted molar refractivity (Wildman–Crippen MR) is 81.0 cm³/mol. The molecule has 0 fully saturated rings. The number of aromatic nitrogens is 4. The molecule has 0 spiro atoms. The number of rotatable bonds is 7. The van der Waals surface area contributed by atoms with Crippen molar-refractivity contribution in [2.75, 3.05) is 12.3 Å². The summed E-state index contributed by atoms with van der Waals surface area (Å²) in [6.45, 7) is 3.07. The first-order valence-electron chi connectivity index (χ1n) is 6.99. The zero-order valence-corrected chi connectivity index (χ0v) is 12.1. The van der Waals surface area contributed by atoms with Crippen molar-refractivity contribution < 1.29 is 4.74 Å². The van der Waals surface area contributed by atoms with Crippen molar-refractivity contribution in [3.8, 4) is 18.4 Å². The van der Waals surface area contributed by atoms with Gasteiger partial charge in [0.2, 0.25) is 0 Å². The molecule has 0 saturated heterocycles. The smallest absolute Gasteiger partial charge is 0.327 e. The minimum atomic E-state index is -0.270. The Kier molecular flexibility index (Phi) is 4.82. The number of terminal acetylenes is 1. The number of aryl methyl sites for hydroxylation is 1. The number of nitrogens with one attached hydrogen (secondary N) is 1. The molecule has 0 aromatic carbocycles. The van der Waals surface area contributed by atoms with E-state index < -0.39 is 0 Å². The van der Waals surface area contributed by atoms with Crippen LogP contribution in [0, 0.1) is 12.3 Å². The molecule has 2 aromatic heterocycles. The fourth-order valence-electron chi connectivity index (χ4n) is 1.95. The number of aromatic amines is 1. The number of anilines is 1. The highest BCUT2D eigenvalue weighted by Crippen LogP contribution is 2.18. The molecule has 7 heteroatoms. The summed E-state index contributed by atoms with van der Waals surface area (Å²) < 4.78 is 6.97. The first kappa shape index (κ1) is 14.9. The topological polar surface area (TPSA) is 98.8 Å². The van der Waals surface area contributed by atoms with E-state index in [2.05, 4.69) is 27.8 Å². The highest BCUT2D eigenvalue weighted by molar-refractivity contribution is 5.81. The summed E-state index contributed by atoms with van der Waals surface area (Å²) in [4.78, 5) is 22.9. The SMILES string of the molecule is C#CCCCn1c(=O)[nH]c2c(N)nc(OCCCC)nc21. The number of hydrogen-bond acceptors (Lipinski definition) is 5. The van der Waals surface area contributed by atoms with Gasteiger partial charge in [0, 0.05) is 13.0 Å². The van der Waals surface area contributed by atoms with E-state index in [1.807, 2.05) is 0 Å². The van der Waals surface area contributed by atoms with Crippen LogP contribution in [-0.4, -0.2) is 26.1 Å². The van der Waals surface area contributed by atoms with Crippen molar-refractivity contribution in [2.24, 2.45) is 0 Å². The van der Waals surface area contributed by atoms with Gasteiger partial charge < -0.3 is 15.5 Å². The third-order valence-corrected chi connectivity index (χ3v) is 3.06. The van der Waals surface area contributed by atoms with E-state index >= 15 is 0 Å². The second-order valence-electron chi connectivity index (χ2n) is 4.68. The Balaban J connectivity index is 2.33. The summed E-state index contributed by atoms with van der Waals surface area (Å²) in [7, 11) is 0. The minimum absolute atomic E-state index is 0.193. The van der Waals surface area contributed by atoms with Gasteiger partial charge in [0.1, 0.15) is 5.52 Å². The maximum atomic E-state index is 11.9. The van der Waals surface area contributed by atoms with Crippen molar-refractivity contribution in [1.29, 1.82) is 0 Å². The summed E-state index contributed by atoms with van der Waals surface area (Å²) >= 11 is 0. The number of nitrogens with two attached hydrogens (primary N) is 1. The Labute approximate surface area is 122 Å². The van der Waals surface area contributed by atoms with Gasteiger partial charge in [-0.15, -0.1) is 12.3 Å². The summed E-state index contributed by atoms with van der Waals surface area (Å²) in [5.41, 5.74) is 6.47. The van der Waals surface area contributed by atoms with Crippen LogP contribution in [0.2, 0.25) is 0 Å². The molecule has 112 valence electrons. The lowest BCUT2D eigenvalue weighted by atomic mass is 10.3. The van der Waals surface area contributed by atoms with Crippen LogP contribution in [0.25, 0.3) is 11.2 Å². The van der Waals surface area contributed by atoms with E-state index in [0.717, 1.165) is 12.8 Å². The monoisotopic (exact) mass is 289 g/mol. The average Bonchev–Trinajstić information content (AvgIpc) is 2.77. The first-order chi connectivity index (χ1) is 10.2. The van der Waals surface area contributed by atoms with E-state index in [-0.39, 0.29) is 17.5 Å². The number of ether oxygens (including phenoxy) is 1. The average molecular weight is 289 g/mol. The molecule has 0 aliphatic rings. The Morgan fingerprint density at radius 2 is 2.24 bits per heavy atom. The Morgan fingerprint density at radius 1 is 1.43 bits per heavy atom. The van der Waals surface area contributed by atoms with Crippen molar-refractivity contribution >= 4 is 17.0 Å². The van der Waals surface area contributed by atoms with Gasteiger partial charge in [-0.25, -0.2) is 4.79 Å². The van der Waals surface area contributed by atoms with Crippen LogP contribution in [0.4, 0.5) is 5.82 Å². The van der Waals surface area contributed by atoms with Crippen LogP contribution in [0.3, 0.4) is 0 Å². The molecular weight excluding hydrogens is 270 g/mol. The number of fused-ring (bicyclic) bond motifs is 1. The number of imidazole rings is 1. The van der Waals surface area contributed by atoms with Crippen LogP contribution in [0.1, 0.15) is 32.6 Å². The van der Waals surface area contributed by atoms with E-state index in [4.69, 9.17) is 16.9 Å². The van der Waals surface area contributed by atoms with Gasteiger partial charge in [0.15, 0.2) is 11.5 Å². The van der Waals surface area contributed by atoms with Crippen LogP contribution in [0.15, 0.2) is 4.79 Å². The maximum Gasteiger partial charge on any atom is 0.327 e. The number of H-pyrrole nitrogens is 1. The van der Waals surface area contributed by atoms with Gasteiger partial charge in [-0.1, -0.05) is 13.3 Å². The number of hydrogen-bond donors (Lipinski definition) is 2.